The molecule has 6 aromatic carbocycles. The van der Waals surface area contributed by atoms with Crippen LogP contribution >= 0.6 is 11.3 Å². The third-order valence-corrected chi connectivity index (χ3v) is 8.20. The maximum absolute atomic E-state index is 2.39. The summed E-state index contributed by atoms with van der Waals surface area (Å²) >= 11 is 1.86. The average Bonchev–Trinajstić information content (AvgIpc) is 3.37. The van der Waals surface area contributed by atoms with Gasteiger partial charge in [-0.3, -0.25) is 0 Å². The molecule has 1 aromatic heterocycles. The van der Waals surface area contributed by atoms with Crippen LogP contribution in [-0.4, -0.2) is 0 Å². The highest BCUT2D eigenvalue weighted by molar-refractivity contribution is 7.25. The Kier molecular flexibility index (Phi) is 5.73. The normalized spacial score (nSPS) is 11.2. The maximum Gasteiger partial charge on any atom is 0.0540 e. The predicted molar refractivity (Wildman–Crippen MR) is 165 cm³/mol. The minimum Gasteiger partial charge on any atom is -0.310 e. The first kappa shape index (κ1) is 22.5. The molecule has 0 saturated heterocycles. The van der Waals surface area contributed by atoms with Gasteiger partial charge in [-0.2, -0.15) is 0 Å². The lowest BCUT2D eigenvalue weighted by Crippen LogP contribution is -2.11. The molecule has 0 aliphatic heterocycles. The van der Waals surface area contributed by atoms with Crippen LogP contribution in [-0.2, 0) is 0 Å². The minimum atomic E-state index is 1.14. The number of para-hydroxylation sites is 1. The van der Waals surface area contributed by atoms with E-state index >= 15 is 0 Å². The van der Waals surface area contributed by atoms with Gasteiger partial charge in [-0.25, -0.2) is 0 Å². The standard InChI is InChI=1S/C36H25NS/c1-4-12-26(13-5-1)28-20-23-34(33(24-28)27-14-6-2-7-15-27)37(29-16-8-3-9-17-29)30-21-22-32-31-18-10-11-19-35(31)38-36(32)25-30/h1-25H. The van der Waals surface area contributed by atoms with E-state index in [2.05, 4.69) is 157 Å². The number of hydrogen-bond acceptors (Lipinski definition) is 2. The second kappa shape index (κ2) is 9.66. The van der Waals surface area contributed by atoms with E-state index in [0.717, 1.165) is 17.1 Å². The molecule has 180 valence electrons. The summed E-state index contributed by atoms with van der Waals surface area (Å²) in [5, 5.41) is 2.63. The molecule has 0 unspecified atom stereocenters. The largest absolute Gasteiger partial charge is 0.310 e. The van der Waals surface area contributed by atoms with Gasteiger partial charge in [0.2, 0.25) is 0 Å². The summed E-state index contributed by atoms with van der Waals surface area (Å²) in [6.45, 7) is 0. The molecule has 2 heteroatoms. The van der Waals surface area contributed by atoms with Crippen LogP contribution in [0.3, 0.4) is 0 Å². The van der Waals surface area contributed by atoms with E-state index < -0.39 is 0 Å². The Balaban J connectivity index is 1.47. The van der Waals surface area contributed by atoms with Crippen LogP contribution in [0.1, 0.15) is 0 Å². The van der Waals surface area contributed by atoms with Crippen molar-refractivity contribution in [1.29, 1.82) is 0 Å². The summed E-state index contributed by atoms with van der Waals surface area (Å²) in [6, 6.07) is 54.4. The molecule has 0 saturated carbocycles. The number of nitrogens with zero attached hydrogens (tertiary/aromatic N) is 1. The number of hydrogen-bond donors (Lipinski definition) is 0. The number of benzene rings is 6. The molecule has 0 radical (unpaired) electrons. The van der Waals surface area contributed by atoms with Crippen molar-refractivity contribution in [2.45, 2.75) is 0 Å². The summed E-state index contributed by atoms with van der Waals surface area (Å²) in [7, 11) is 0. The van der Waals surface area contributed by atoms with E-state index in [1.807, 2.05) is 11.3 Å². The summed E-state index contributed by atoms with van der Waals surface area (Å²) in [5.74, 6) is 0. The van der Waals surface area contributed by atoms with Crippen LogP contribution < -0.4 is 4.90 Å². The zero-order chi connectivity index (χ0) is 25.3. The molecule has 0 atom stereocenters. The van der Waals surface area contributed by atoms with Crippen LogP contribution in [0.4, 0.5) is 17.1 Å². The molecule has 0 fully saturated rings. The highest BCUT2D eigenvalue weighted by Gasteiger charge is 2.19. The van der Waals surface area contributed by atoms with Crippen LogP contribution in [0.25, 0.3) is 42.4 Å². The van der Waals surface area contributed by atoms with Gasteiger partial charge in [-0.05, 0) is 59.2 Å². The Bertz CT molecular complexity index is 1850. The van der Waals surface area contributed by atoms with Gasteiger partial charge in [0.05, 0.1) is 5.69 Å². The molecule has 7 rings (SSSR count). The van der Waals surface area contributed by atoms with Crippen LogP contribution in [0.2, 0.25) is 0 Å². The molecule has 0 N–H and O–H groups in total. The summed E-state index contributed by atoms with van der Waals surface area (Å²) < 4.78 is 2.62. The molecule has 0 amide bonds. The van der Waals surface area contributed by atoms with Gasteiger partial charge in [0.15, 0.2) is 0 Å². The summed E-state index contributed by atoms with van der Waals surface area (Å²) in [5.41, 5.74) is 8.27. The van der Waals surface area contributed by atoms with Crippen molar-refractivity contribution >= 4 is 48.6 Å². The van der Waals surface area contributed by atoms with Crippen LogP contribution in [0.5, 0.6) is 0 Å². The Morgan fingerprint density at radius 1 is 0.395 bits per heavy atom. The van der Waals surface area contributed by atoms with Gasteiger partial charge in [0, 0.05) is 37.1 Å². The maximum atomic E-state index is 2.39. The fourth-order valence-electron chi connectivity index (χ4n) is 5.25. The zero-order valence-corrected chi connectivity index (χ0v) is 21.6. The molecule has 38 heavy (non-hydrogen) atoms. The van der Waals surface area contributed by atoms with Gasteiger partial charge < -0.3 is 4.90 Å². The number of fused-ring (bicyclic) bond motifs is 3. The van der Waals surface area contributed by atoms with Crippen molar-refractivity contribution in [3.8, 4) is 22.3 Å². The van der Waals surface area contributed by atoms with Crippen molar-refractivity contribution in [2.24, 2.45) is 0 Å². The smallest absolute Gasteiger partial charge is 0.0540 e. The monoisotopic (exact) mass is 503 g/mol. The van der Waals surface area contributed by atoms with Crippen LogP contribution in [0.15, 0.2) is 152 Å². The van der Waals surface area contributed by atoms with Gasteiger partial charge in [0.25, 0.3) is 0 Å². The van der Waals surface area contributed by atoms with Crippen LogP contribution in [0, 0.1) is 0 Å². The zero-order valence-electron chi connectivity index (χ0n) is 20.8. The first-order valence-corrected chi connectivity index (χ1v) is 13.7. The second-order valence-corrected chi connectivity index (χ2v) is 10.5. The quantitative estimate of drug-likeness (QED) is 0.226. The van der Waals surface area contributed by atoms with Gasteiger partial charge in [-0.15, -0.1) is 11.3 Å². The second-order valence-electron chi connectivity index (χ2n) is 9.41. The van der Waals surface area contributed by atoms with Crippen molar-refractivity contribution < 1.29 is 0 Å². The van der Waals surface area contributed by atoms with Gasteiger partial charge in [0.1, 0.15) is 0 Å². The Labute approximate surface area is 226 Å². The van der Waals surface area contributed by atoms with Crippen molar-refractivity contribution in [3.05, 3.63) is 152 Å². The van der Waals surface area contributed by atoms with Crippen molar-refractivity contribution in [3.63, 3.8) is 0 Å². The minimum absolute atomic E-state index is 1.14. The fraction of sp³-hybridized carbons (Fsp3) is 0. The number of rotatable bonds is 5. The Morgan fingerprint density at radius 3 is 1.79 bits per heavy atom. The molecule has 7 aromatic rings. The highest BCUT2D eigenvalue weighted by Crippen LogP contribution is 2.44. The third kappa shape index (κ3) is 4.06. The highest BCUT2D eigenvalue weighted by atomic mass is 32.1. The first-order chi connectivity index (χ1) is 18.8. The van der Waals surface area contributed by atoms with E-state index in [1.165, 1.54) is 42.4 Å². The molecule has 1 nitrogen and oxygen atoms in total. The predicted octanol–water partition coefficient (Wildman–Crippen LogP) is 10.9. The SMILES string of the molecule is c1ccc(-c2ccc(N(c3ccccc3)c3ccc4c(c3)sc3ccccc34)c(-c3ccccc3)c2)cc1. The van der Waals surface area contributed by atoms with E-state index in [-0.39, 0.29) is 0 Å². The summed E-state index contributed by atoms with van der Waals surface area (Å²) in [6.07, 6.45) is 0. The summed E-state index contributed by atoms with van der Waals surface area (Å²) in [4.78, 5) is 2.39. The van der Waals surface area contributed by atoms with E-state index in [1.54, 1.807) is 0 Å². The lowest BCUT2D eigenvalue weighted by atomic mass is 9.96. The topological polar surface area (TPSA) is 3.24 Å². The molecular weight excluding hydrogens is 478 g/mol. The average molecular weight is 504 g/mol. The molecular formula is C36H25NS. The van der Waals surface area contributed by atoms with Crippen molar-refractivity contribution in [2.75, 3.05) is 4.90 Å². The lowest BCUT2D eigenvalue weighted by Gasteiger charge is -2.28. The molecule has 0 aliphatic carbocycles. The van der Waals surface area contributed by atoms with E-state index in [4.69, 9.17) is 0 Å². The van der Waals surface area contributed by atoms with Gasteiger partial charge >= 0.3 is 0 Å². The Morgan fingerprint density at radius 2 is 1.03 bits per heavy atom. The number of thiophene rings is 1. The Hall–Kier alpha value is -4.66. The van der Waals surface area contributed by atoms with E-state index in [0.29, 0.717) is 0 Å². The van der Waals surface area contributed by atoms with E-state index in [9.17, 15) is 0 Å². The molecule has 1 heterocycles. The first-order valence-electron chi connectivity index (χ1n) is 12.9. The van der Waals surface area contributed by atoms with Gasteiger partial charge in [-0.1, -0.05) is 109 Å². The lowest BCUT2D eigenvalue weighted by molar-refractivity contribution is 1.29. The fourth-order valence-corrected chi connectivity index (χ4v) is 6.39. The number of anilines is 3. The molecule has 0 bridgehead atoms. The molecule has 0 aliphatic rings. The third-order valence-electron chi connectivity index (χ3n) is 7.06. The molecule has 0 spiro atoms. The van der Waals surface area contributed by atoms with Crippen molar-refractivity contribution in [1.82, 2.24) is 0 Å².